The first-order chi connectivity index (χ1) is 10.2. The van der Waals surface area contributed by atoms with E-state index in [2.05, 4.69) is 10.1 Å². The molecule has 7 nitrogen and oxygen atoms in total. The summed E-state index contributed by atoms with van der Waals surface area (Å²) >= 11 is 0. The molecule has 0 saturated carbocycles. The van der Waals surface area contributed by atoms with Crippen LogP contribution in [0.15, 0.2) is 28.9 Å². The Balaban J connectivity index is 1.59. The molecule has 3 heterocycles. The first kappa shape index (κ1) is 13.1. The molecule has 1 aliphatic heterocycles. The Labute approximate surface area is 120 Å². The summed E-state index contributed by atoms with van der Waals surface area (Å²) in [6.45, 7) is 2.61. The molecule has 21 heavy (non-hydrogen) atoms. The number of aryl methyl sites for hydroxylation is 1. The van der Waals surface area contributed by atoms with Crippen molar-refractivity contribution in [1.29, 1.82) is 5.26 Å². The van der Waals surface area contributed by atoms with E-state index in [9.17, 15) is 4.79 Å². The van der Waals surface area contributed by atoms with E-state index >= 15 is 0 Å². The highest BCUT2D eigenvalue weighted by Crippen LogP contribution is 2.20. The van der Waals surface area contributed by atoms with Gasteiger partial charge in [0, 0.05) is 12.3 Å². The third-order valence-corrected chi connectivity index (χ3v) is 3.15. The van der Waals surface area contributed by atoms with Crippen LogP contribution in [-0.4, -0.2) is 40.1 Å². The molecule has 2 aromatic rings. The molecule has 0 aromatic carbocycles. The number of pyridine rings is 1. The van der Waals surface area contributed by atoms with Crippen molar-refractivity contribution in [2.75, 3.05) is 13.1 Å². The fourth-order valence-corrected chi connectivity index (χ4v) is 2.04. The van der Waals surface area contributed by atoms with E-state index in [0.29, 0.717) is 36.0 Å². The number of nitrogens with zero attached hydrogens (tertiary/aromatic N) is 4. The Morgan fingerprint density at radius 1 is 1.57 bits per heavy atom. The van der Waals surface area contributed by atoms with Crippen molar-refractivity contribution in [3.63, 3.8) is 0 Å². The summed E-state index contributed by atoms with van der Waals surface area (Å²) in [4.78, 5) is 17.7. The predicted octanol–water partition coefficient (Wildman–Crippen LogP) is 1.15. The van der Waals surface area contributed by atoms with Crippen LogP contribution in [0, 0.1) is 18.3 Å². The van der Waals surface area contributed by atoms with Crippen molar-refractivity contribution in [2.45, 2.75) is 13.0 Å². The van der Waals surface area contributed by atoms with E-state index in [4.69, 9.17) is 14.5 Å². The van der Waals surface area contributed by atoms with Crippen LogP contribution in [0.2, 0.25) is 0 Å². The van der Waals surface area contributed by atoms with Crippen LogP contribution in [0.5, 0.6) is 5.88 Å². The molecule has 2 aromatic heterocycles. The van der Waals surface area contributed by atoms with E-state index in [1.54, 1.807) is 36.2 Å². The molecule has 7 heteroatoms. The number of carbonyl (C=O) groups excluding carboxylic acids is 1. The minimum absolute atomic E-state index is 0.163. The molecule has 1 saturated heterocycles. The lowest BCUT2D eigenvalue weighted by Crippen LogP contribution is -2.56. The molecule has 0 radical (unpaired) electrons. The fourth-order valence-electron chi connectivity index (χ4n) is 2.04. The van der Waals surface area contributed by atoms with Crippen molar-refractivity contribution < 1.29 is 14.1 Å². The average molecular weight is 284 g/mol. The van der Waals surface area contributed by atoms with Gasteiger partial charge < -0.3 is 14.2 Å². The maximum atomic E-state index is 12.0. The topological polar surface area (TPSA) is 92.2 Å². The van der Waals surface area contributed by atoms with Gasteiger partial charge in [-0.1, -0.05) is 5.16 Å². The van der Waals surface area contributed by atoms with Crippen molar-refractivity contribution in [2.24, 2.45) is 0 Å². The standard InChI is InChI=1S/C14H12N4O3/c1-9-5-12(17-21-9)14(19)18-7-11(8-18)20-13-10(6-15)3-2-4-16-13/h2-5,11H,7-8H2,1H3. The highest BCUT2D eigenvalue weighted by atomic mass is 16.5. The molecule has 1 aliphatic rings. The van der Waals surface area contributed by atoms with Crippen LogP contribution in [0.4, 0.5) is 0 Å². The van der Waals surface area contributed by atoms with E-state index in [1.165, 1.54) is 0 Å². The van der Waals surface area contributed by atoms with E-state index < -0.39 is 0 Å². The van der Waals surface area contributed by atoms with Gasteiger partial charge in [-0.25, -0.2) is 4.98 Å². The van der Waals surface area contributed by atoms with Crippen LogP contribution in [0.25, 0.3) is 0 Å². The van der Waals surface area contributed by atoms with Gasteiger partial charge >= 0.3 is 0 Å². The minimum Gasteiger partial charge on any atom is -0.470 e. The Hall–Kier alpha value is -2.88. The van der Waals surface area contributed by atoms with Crippen molar-refractivity contribution in [3.8, 4) is 11.9 Å². The largest absolute Gasteiger partial charge is 0.470 e. The minimum atomic E-state index is -0.187. The molecule has 0 spiro atoms. The normalized spacial score (nSPS) is 14.4. The molecule has 1 fully saturated rings. The summed E-state index contributed by atoms with van der Waals surface area (Å²) in [7, 11) is 0. The maximum Gasteiger partial charge on any atom is 0.276 e. The lowest BCUT2D eigenvalue weighted by atomic mass is 10.1. The van der Waals surface area contributed by atoms with Gasteiger partial charge in [0.15, 0.2) is 5.69 Å². The second-order valence-corrected chi connectivity index (χ2v) is 4.74. The predicted molar refractivity (Wildman–Crippen MR) is 70.5 cm³/mol. The number of hydrogen-bond donors (Lipinski definition) is 0. The second kappa shape index (κ2) is 5.25. The molecule has 0 aliphatic carbocycles. The zero-order valence-corrected chi connectivity index (χ0v) is 11.3. The molecule has 0 N–H and O–H groups in total. The molecule has 106 valence electrons. The Morgan fingerprint density at radius 2 is 2.38 bits per heavy atom. The van der Waals surface area contributed by atoms with Crippen LogP contribution < -0.4 is 4.74 Å². The molecule has 1 amide bonds. The number of nitriles is 1. The highest BCUT2D eigenvalue weighted by Gasteiger charge is 2.34. The Kier molecular flexibility index (Phi) is 3.28. The second-order valence-electron chi connectivity index (χ2n) is 4.74. The summed E-state index contributed by atoms with van der Waals surface area (Å²) in [5, 5.41) is 12.7. The highest BCUT2D eigenvalue weighted by molar-refractivity contribution is 5.92. The number of aromatic nitrogens is 2. The van der Waals surface area contributed by atoms with E-state index in [-0.39, 0.29) is 12.0 Å². The van der Waals surface area contributed by atoms with Gasteiger partial charge in [0.1, 0.15) is 23.5 Å². The van der Waals surface area contributed by atoms with Gasteiger partial charge in [-0.2, -0.15) is 5.26 Å². The summed E-state index contributed by atoms with van der Waals surface area (Å²) in [6.07, 6.45) is 1.40. The smallest absolute Gasteiger partial charge is 0.276 e. The lowest BCUT2D eigenvalue weighted by molar-refractivity contribution is 0.0152. The Morgan fingerprint density at radius 3 is 3.05 bits per heavy atom. The first-order valence-electron chi connectivity index (χ1n) is 6.41. The molecule has 0 bridgehead atoms. The summed E-state index contributed by atoms with van der Waals surface area (Å²) in [6, 6.07) is 6.94. The zero-order valence-electron chi connectivity index (χ0n) is 11.3. The van der Waals surface area contributed by atoms with Gasteiger partial charge in [-0.15, -0.1) is 0 Å². The monoisotopic (exact) mass is 284 g/mol. The first-order valence-corrected chi connectivity index (χ1v) is 6.41. The molecular formula is C14H12N4O3. The zero-order chi connectivity index (χ0) is 14.8. The fraction of sp³-hybridized carbons (Fsp3) is 0.286. The Bertz CT molecular complexity index is 713. The molecule has 3 rings (SSSR count). The van der Waals surface area contributed by atoms with Crippen molar-refractivity contribution >= 4 is 5.91 Å². The number of likely N-dealkylation sites (tertiary alicyclic amines) is 1. The van der Waals surface area contributed by atoms with Crippen LogP contribution in [0.3, 0.4) is 0 Å². The van der Waals surface area contributed by atoms with Crippen molar-refractivity contribution in [1.82, 2.24) is 15.0 Å². The number of hydrogen-bond acceptors (Lipinski definition) is 6. The van der Waals surface area contributed by atoms with Gasteiger partial charge in [0.05, 0.1) is 13.1 Å². The molecular weight excluding hydrogens is 272 g/mol. The average Bonchev–Trinajstić information content (AvgIpc) is 2.89. The van der Waals surface area contributed by atoms with Gasteiger partial charge in [-0.3, -0.25) is 4.79 Å². The number of amides is 1. The SMILES string of the molecule is Cc1cc(C(=O)N2CC(Oc3ncccc3C#N)C2)no1. The van der Waals surface area contributed by atoms with Gasteiger partial charge in [-0.05, 0) is 19.1 Å². The summed E-state index contributed by atoms with van der Waals surface area (Å²) < 4.78 is 10.5. The van der Waals surface area contributed by atoms with Crippen LogP contribution >= 0.6 is 0 Å². The van der Waals surface area contributed by atoms with Gasteiger partial charge in [0.25, 0.3) is 5.91 Å². The number of ether oxygens (including phenoxy) is 1. The van der Waals surface area contributed by atoms with E-state index in [1.807, 2.05) is 6.07 Å². The number of carbonyl (C=O) groups is 1. The summed E-state index contributed by atoms with van der Waals surface area (Å²) in [5.41, 5.74) is 0.677. The molecule has 0 unspecified atom stereocenters. The third kappa shape index (κ3) is 2.56. The van der Waals surface area contributed by atoms with Crippen LogP contribution in [-0.2, 0) is 0 Å². The third-order valence-electron chi connectivity index (χ3n) is 3.15. The summed E-state index contributed by atoms with van der Waals surface area (Å²) in [5.74, 6) is 0.710. The quantitative estimate of drug-likeness (QED) is 0.839. The molecule has 0 atom stereocenters. The van der Waals surface area contributed by atoms with Crippen LogP contribution in [0.1, 0.15) is 21.8 Å². The van der Waals surface area contributed by atoms with Crippen molar-refractivity contribution in [3.05, 3.63) is 41.4 Å². The number of rotatable bonds is 3. The van der Waals surface area contributed by atoms with Gasteiger partial charge in [0.2, 0.25) is 5.88 Å². The lowest BCUT2D eigenvalue weighted by Gasteiger charge is -2.38. The van der Waals surface area contributed by atoms with E-state index in [0.717, 1.165) is 0 Å². The maximum absolute atomic E-state index is 12.0.